The van der Waals surface area contributed by atoms with Crippen molar-refractivity contribution in [1.82, 2.24) is 0 Å². The van der Waals surface area contributed by atoms with Gasteiger partial charge in [0.1, 0.15) is 6.61 Å². The highest BCUT2D eigenvalue weighted by Crippen LogP contribution is 2.16. The van der Waals surface area contributed by atoms with Crippen molar-refractivity contribution in [2.24, 2.45) is 0 Å². The van der Waals surface area contributed by atoms with Crippen molar-refractivity contribution < 1.29 is 14.6 Å². The third kappa shape index (κ3) is 6.94. The first-order chi connectivity index (χ1) is 9.81. The summed E-state index contributed by atoms with van der Waals surface area (Å²) in [5.74, 6) is 5.66. The molecule has 0 unspecified atom stereocenters. The summed E-state index contributed by atoms with van der Waals surface area (Å²) < 4.78 is 5.43. The zero-order chi connectivity index (χ0) is 15.9. The molecule has 1 aromatic rings. The van der Waals surface area contributed by atoms with Crippen molar-refractivity contribution in [3.8, 4) is 11.8 Å². The van der Waals surface area contributed by atoms with E-state index in [4.69, 9.17) is 9.84 Å². The van der Waals surface area contributed by atoms with Crippen LogP contribution in [0.5, 0.6) is 0 Å². The molecule has 0 saturated heterocycles. The molecule has 2 N–H and O–H groups in total. The molecule has 1 rings (SSSR count). The molecule has 0 aromatic heterocycles. The first-order valence-electron chi connectivity index (χ1n) is 6.96. The number of aliphatic hydroxyl groups excluding tert-OH is 1. The number of benzene rings is 1. The SMILES string of the molecule is Cc1cc(C#CCCO)ccc1NC(=O)COC(C)(C)C. The lowest BCUT2D eigenvalue weighted by Gasteiger charge is -2.19. The molecule has 4 heteroatoms. The number of ether oxygens (including phenoxy) is 1. The van der Waals surface area contributed by atoms with Gasteiger partial charge in [-0.2, -0.15) is 0 Å². The molecule has 0 spiro atoms. The van der Waals surface area contributed by atoms with Crippen LogP contribution in [0.4, 0.5) is 5.69 Å². The van der Waals surface area contributed by atoms with Gasteiger partial charge in [-0.25, -0.2) is 0 Å². The number of hydrogen-bond acceptors (Lipinski definition) is 3. The van der Waals surface area contributed by atoms with E-state index >= 15 is 0 Å². The highest BCUT2D eigenvalue weighted by molar-refractivity contribution is 5.92. The molecule has 0 aliphatic carbocycles. The maximum Gasteiger partial charge on any atom is 0.250 e. The fourth-order valence-corrected chi connectivity index (χ4v) is 1.57. The Balaban J connectivity index is 2.65. The second kappa shape index (κ2) is 7.82. The second-order valence-electron chi connectivity index (χ2n) is 5.75. The van der Waals surface area contributed by atoms with E-state index in [2.05, 4.69) is 17.2 Å². The molecule has 1 aromatic carbocycles. The van der Waals surface area contributed by atoms with E-state index in [0.717, 1.165) is 16.8 Å². The van der Waals surface area contributed by atoms with Crippen LogP contribution in [-0.2, 0) is 9.53 Å². The van der Waals surface area contributed by atoms with E-state index in [-0.39, 0.29) is 24.7 Å². The highest BCUT2D eigenvalue weighted by Gasteiger charge is 2.13. The number of carbonyl (C=O) groups excluding carboxylic acids is 1. The van der Waals surface area contributed by atoms with Crippen LogP contribution in [0, 0.1) is 18.8 Å². The van der Waals surface area contributed by atoms with E-state index in [9.17, 15) is 4.79 Å². The lowest BCUT2D eigenvalue weighted by atomic mass is 10.1. The standard InChI is InChI=1S/C17H23NO3/c1-13-11-14(7-5-6-10-19)8-9-15(13)18-16(20)12-21-17(2,3)4/h8-9,11,19H,6,10,12H2,1-4H3,(H,18,20). The molecule has 4 nitrogen and oxygen atoms in total. The summed E-state index contributed by atoms with van der Waals surface area (Å²) in [6.07, 6.45) is 0.460. The molecule has 0 aliphatic rings. The van der Waals surface area contributed by atoms with Gasteiger partial charge in [-0.1, -0.05) is 11.8 Å². The molecule has 114 valence electrons. The summed E-state index contributed by atoms with van der Waals surface area (Å²) >= 11 is 0. The molecule has 21 heavy (non-hydrogen) atoms. The smallest absolute Gasteiger partial charge is 0.250 e. The van der Waals surface area contributed by atoms with Crippen LogP contribution in [0.3, 0.4) is 0 Å². The van der Waals surface area contributed by atoms with Crippen molar-refractivity contribution >= 4 is 11.6 Å². The third-order valence-corrected chi connectivity index (χ3v) is 2.61. The average molecular weight is 289 g/mol. The van der Waals surface area contributed by atoms with Gasteiger partial charge >= 0.3 is 0 Å². The minimum Gasteiger partial charge on any atom is -0.395 e. The summed E-state index contributed by atoms with van der Waals surface area (Å²) in [5.41, 5.74) is 2.23. The Kier molecular flexibility index (Phi) is 6.41. The fraction of sp³-hybridized carbons (Fsp3) is 0.471. The van der Waals surface area contributed by atoms with Crippen molar-refractivity contribution in [3.63, 3.8) is 0 Å². The predicted molar refractivity (Wildman–Crippen MR) is 84.1 cm³/mol. The molecule has 0 atom stereocenters. The summed E-state index contributed by atoms with van der Waals surface area (Å²) in [6, 6.07) is 5.58. The highest BCUT2D eigenvalue weighted by atomic mass is 16.5. The van der Waals surface area contributed by atoms with E-state index in [1.54, 1.807) is 0 Å². The van der Waals surface area contributed by atoms with Gasteiger partial charge in [-0.3, -0.25) is 4.79 Å². The first kappa shape index (κ1) is 17.2. The Bertz CT molecular complexity index is 547. The maximum atomic E-state index is 11.8. The molecule has 0 saturated carbocycles. The van der Waals surface area contributed by atoms with Crippen LogP contribution in [0.25, 0.3) is 0 Å². The Labute approximate surface area is 126 Å². The maximum absolute atomic E-state index is 11.8. The number of hydrogen-bond donors (Lipinski definition) is 2. The van der Waals surface area contributed by atoms with Gasteiger partial charge in [-0.05, 0) is 51.5 Å². The van der Waals surface area contributed by atoms with E-state index in [0.29, 0.717) is 6.42 Å². The van der Waals surface area contributed by atoms with Crippen LogP contribution in [0.2, 0.25) is 0 Å². The summed E-state index contributed by atoms with van der Waals surface area (Å²) in [5, 5.41) is 11.5. The van der Waals surface area contributed by atoms with E-state index < -0.39 is 0 Å². The van der Waals surface area contributed by atoms with Gasteiger partial charge in [0, 0.05) is 17.7 Å². The summed E-state index contributed by atoms with van der Waals surface area (Å²) in [4.78, 5) is 11.8. The van der Waals surface area contributed by atoms with Crippen molar-refractivity contribution in [3.05, 3.63) is 29.3 Å². The number of rotatable bonds is 4. The van der Waals surface area contributed by atoms with Gasteiger partial charge < -0.3 is 15.2 Å². The van der Waals surface area contributed by atoms with Crippen molar-refractivity contribution in [2.75, 3.05) is 18.5 Å². The Hall–Kier alpha value is -1.83. The van der Waals surface area contributed by atoms with Crippen molar-refractivity contribution in [1.29, 1.82) is 0 Å². The quantitative estimate of drug-likeness (QED) is 0.837. The van der Waals surface area contributed by atoms with E-state index in [1.165, 1.54) is 0 Å². The van der Waals surface area contributed by atoms with Crippen LogP contribution in [0.1, 0.15) is 38.3 Å². The molecule has 0 aliphatic heterocycles. The fourth-order valence-electron chi connectivity index (χ4n) is 1.57. The minimum absolute atomic E-state index is 0.0288. The predicted octanol–water partition coefficient (Wildman–Crippen LogP) is 2.48. The Morgan fingerprint density at radius 1 is 1.38 bits per heavy atom. The van der Waals surface area contributed by atoms with Crippen LogP contribution < -0.4 is 5.32 Å². The molecule has 0 bridgehead atoms. The third-order valence-electron chi connectivity index (χ3n) is 2.61. The lowest BCUT2D eigenvalue weighted by molar-refractivity contribution is -0.125. The Morgan fingerprint density at radius 3 is 2.67 bits per heavy atom. The zero-order valence-corrected chi connectivity index (χ0v) is 13.1. The van der Waals surface area contributed by atoms with Crippen LogP contribution in [0.15, 0.2) is 18.2 Å². The molecule has 0 fully saturated rings. The topological polar surface area (TPSA) is 58.6 Å². The van der Waals surface area contributed by atoms with Crippen LogP contribution >= 0.6 is 0 Å². The number of aryl methyl sites for hydroxylation is 1. The first-order valence-corrected chi connectivity index (χ1v) is 6.96. The Morgan fingerprint density at radius 2 is 2.10 bits per heavy atom. The monoisotopic (exact) mass is 289 g/mol. The molecule has 1 amide bonds. The van der Waals surface area contributed by atoms with Gasteiger partial charge in [0.2, 0.25) is 5.91 Å². The number of aliphatic hydroxyl groups is 1. The van der Waals surface area contributed by atoms with Crippen LogP contribution in [-0.4, -0.2) is 29.8 Å². The van der Waals surface area contributed by atoms with Gasteiger partial charge in [0.25, 0.3) is 0 Å². The average Bonchev–Trinajstić information content (AvgIpc) is 2.39. The lowest BCUT2D eigenvalue weighted by Crippen LogP contribution is -2.27. The largest absolute Gasteiger partial charge is 0.395 e. The number of nitrogens with one attached hydrogen (secondary N) is 1. The minimum atomic E-state index is -0.335. The van der Waals surface area contributed by atoms with Crippen molar-refractivity contribution in [2.45, 2.75) is 39.7 Å². The van der Waals surface area contributed by atoms with Gasteiger partial charge in [0.05, 0.1) is 12.2 Å². The number of amides is 1. The summed E-state index contributed by atoms with van der Waals surface area (Å²) in [6.45, 7) is 7.73. The number of anilines is 1. The van der Waals surface area contributed by atoms with E-state index in [1.807, 2.05) is 45.9 Å². The summed E-state index contributed by atoms with van der Waals surface area (Å²) in [7, 11) is 0. The second-order valence-corrected chi connectivity index (χ2v) is 5.75. The molecular formula is C17H23NO3. The molecule has 0 heterocycles. The zero-order valence-electron chi connectivity index (χ0n) is 13.1. The van der Waals surface area contributed by atoms with Gasteiger partial charge in [0.15, 0.2) is 0 Å². The van der Waals surface area contributed by atoms with Gasteiger partial charge in [-0.15, -0.1) is 0 Å². The normalized spacial score (nSPS) is 10.7. The number of carbonyl (C=O) groups is 1. The molecular weight excluding hydrogens is 266 g/mol. The molecule has 0 radical (unpaired) electrons.